The maximum Gasteiger partial charge on any atom is 0.137 e. The van der Waals surface area contributed by atoms with E-state index in [0.717, 1.165) is 5.56 Å². The van der Waals surface area contributed by atoms with Crippen LogP contribution in [-0.4, -0.2) is 33.9 Å². The summed E-state index contributed by atoms with van der Waals surface area (Å²) in [7, 11) is -1.60. The number of rotatable bonds is 8. The number of azide groups is 1. The second kappa shape index (κ2) is 10.3. The Bertz CT molecular complexity index is 624. The van der Waals surface area contributed by atoms with E-state index in [2.05, 4.69) is 55.4 Å². The SMILES string of the molecule is CC(C)(C)[Si](C)(C)C#CCOC[C@@H](CN=[N+]=[N-])OCc1ccccc1. The first-order valence-electron chi connectivity index (χ1n) is 8.50. The van der Waals surface area contributed by atoms with Gasteiger partial charge in [-0.25, -0.2) is 0 Å². The van der Waals surface area contributed by atoms with E-state index in [9.17, 15) is 0 Å². The maximum atomic E-state index is 8.52. The van der Waals surface area contributed by atoms with E-state index in [1.54, 1.807) is 0 Å². The van der Waals surface area contributed by atoms with Crippen LogP contribution in [-0.2, 0) is 16.1 Å². The summed E-state index contributed by atoms with van der Waals surface area (Å²) in [5.74, 6) is 3.15. The summed E-state index contributed by atoms with van der Waals surface area (Å²) in [5.41, 5.74) is 13.0. The van der Waals surface area contributed by atoms with Crippen molar-refractivity contribution in [1.29, 1.82) is 0 Å². The van der Waals surface area contributed by atoms with Crippen molar-refractivity contribution < 1.29 is 9.47 Å². The number of hydrogen-bond acceptors (Lipinski definition) is 3. The van der Waals surface area contributed by atoms with Gasteiger partial charge < -0.3 is 9.47 Å². The molecule has 6 heteroatoms. The van der Waals surface area contributed by atoms with Crippen molar-refractivity contribution in [3.63, 3.8) is 0 Å². The maximum absolute atomic E-state index is 8.52. The largest absolute Gasteiger partial charge is 0.371 e. The summed E-state index contributed by atoms with van der Waals surface area (Å²) in [6.45, 7) is 12.7. The minimum atomic E-state index is -1.60. The molecule has 0 aliphatic carbocycles. The third-order valence-electron chi connectivity index (χ3n) is 4.43. The highest BCUT2D eigenvalue weighted by Gasteiger charge is 2.33. The van der Waals surface area contributed by atoms with Crippen molar-refractivity contribution in [2.24, 2.45) is 5.11 Å². The molecule has 136 valence electrons. The fraction of sp³-hybridized carbons (Fsp3) is 0.579. The van der Waals surface area contributed by atoms with E-state index in [1.165, 1.54) is 0 Å². The van der Waals surface area contributed by atoms with Gasteiger partial charge in [0.15, 0.2) is 0 Å². The third-order valence-corrected chi connectivity index (χ3v) is 8.98. The van der Waals surface area contributed by atoms with Gasteiger partial charge in [0.2, 0.25) is 0 Å². The predicted octanol–water partition coefficient (Wildman–Crippen LogP) is 4.95. The molecular weight excluding hydrogens is 330 g/mol. The number of hydrogen-bond donors (Lipinski definition) is 0. The topological polar surface area (TPSA) is 67.2 Å². The van der Waals surface area contributed by atoms with Crippen molar-refractivity contribution in [3.8, 4) is 11.5 Å². The average Bonchev–Trinajstić information content (AvgIpc) is 2.56. The number of benzene rings is 1. The smallest absolute Gasteiger partial charge is 0.137 e. The van der Waals surface area contributed by atoms with Crippen LogP contribution in [0.15, 0.2) is 35.4 Å². The van der Waals surface area contributed by atoms with Crippen molar-refractivity contribution in [1.82, 2.24) is 0 Å². The lowest BCUT2D eigenvalue weighted by atomic mass is 10.2. The fourth-order valence-corrected chi connectivity index (χ4v) is 2.64. The fourth-order valence-electron chi connectivity index (χ4n) is 1.76. The van der Waals surface area contributed by atoms with Crippen LogP contribution in [0.5, 0.6) is 0 Å². The molecule has 0 spiro atoms. The zero-order valence-corrected chi connectivity index (χ0v) is 17.0. The zero-order chi connectivity index (χ0) is 18.8. The lowest BCUT2D eigenvalue weighted by Crippen LogP contribution is -2.35. The summed E-state index contributed by atoms with van der Waals surface area (Å²) in [5, 5.41) is 3.84. The van der Waals surface area contributed by atoms with Crippen molar-refractivity contribution in [2.75, 3.05) is 19.8 Å². The van der Waals surface area contributed by atoms with E-state index in [0.29, 0.717) is 19.8 Å². The van der Waals surface area contributed by atoms with Gasteiger partial charge in [-0.3, -0.25) is 0 Å². The highest BCUT2D eigenvalue weighted by Crippen LogP contribution is 2.34. The average molecular weight is 360 g/mol. The minimum absolute atomic E-state index is 0.239. The second-order valence-electron chi connectivity index (χ2n) is 7.52. The Balaban J connectivity index is 2.47. The monoisotopic (exact) mass is 359 g/mol. The Hall–Kier alpha value is -1.77. The van der Waals surface area contributed by atoms with Crippen molar-refractivity contribution in [3.05, 3.63) is 46.3 Å². The van der Waals surface area contributed by atoms with Crippen LogP contribution < -0.4 is 0 Å². The minimum Gasteiger partial charge on any atom is -0.371 e. The van der Waals surface area contributed by atoms with Crippen LogP contribution in [0.1, 0.15) is 26.3 Å². The Labute approximate surface area is 152 Å². The molecule has 25 heavy (non-hydrogen) atoms. The summed E-state index contributed by atoms with van der Waals surface area (Å²) in [4.78, 5) is 2.80. The Morgan fingerprint density at radius 1 is 1.24 bits per heavy atom. The Kier molecular flexibility index (Phi) is 8.74. The molecule has 0 aromatic heterocycles. The van der Waals surface area contributed by atoms with Gasteiger partial charge in [-0.05, 0) is 16.1 Å². The normalized spacial score (nSPS) is 12.7. The molecule has 0 N–H and O–H groups in total. The van der Waals surface area contributed by atoms with Gasteiger partial charge in [-0.2, -0.15) is 0 Å². The molecule has 1 aromatic carbocycles. The molecule has 0 aliphatic heterocycles. The van der Waals surface area contributed by atoms with E-state index >= 15 is 0 Å². The molecular formula is C19H29N3O2Si. The summed E-state index contributed by atoms with van der Waals surface area (Å²) in [6, 6.07) is 9.89. The molecule has 0 amide bonds. The van der Waals surface area contributed by atoms with Crippen LogP contribution in [0.25, 0.3) is 10.4 Å². The van der Waals surface area contributed by atoms with Gasteiger partial charge in [0.1, 0.15) is 14.7 Å². The van der Waals surface area contributed by atoms with Crippen molar-refractivity contribution >= 4 is 8.07 Å². The Morgan fingerprint density at radius 3 is 2.52 bits per heavy atom. The molecule has 0 aliphatic rings. The van der Waals surface area contributed by atoms with Crippen molar-refractivity contribution in [2.45, 2.75) is 51.6 Å². The molecule has 0 saturated heterocycles. The summed E-state index contributed by atoms with van der Waals surface area (Å²) in [6.07, 6.45) is -0.272. The molecule has 0 saturated carbocycles. The molecule has 0 bridgehead atoms. The molecule has 0 unspecified atom stereocenters. The van der Waals surface area contributed by atoms with E-state index < -0.39 is 8.07 Å². The van der Waals surface area contributed by atoms with Crippen LogP contribution >= 0.6 is 0 Å². The summed E-state index contributed by atoms with van der Waals surface area (Å²) < 4.78 is 11.4. The predicted molar refractivity (Wildman–Crippen MR) is 105 cm³/mol. The molecule has 5 nitrogen and oxygen atoms in total. The highest BCUT2D eigenvalue weighted by atomic mass is 28.3. The van der Waals surface area contributed by atoms with Crippen LogP contribution in [0.2, 0.25) is 18.1 Å². The van der Waals surface area contributed by atoms with Gasteiger partial charge in [0.25, 0.3) is 0 Å². The molecule has 0 heterocycles. The lowest BCUT2D eigenvalue weighted by Gasteiger charge is -2.31. The first kappa shape index (κ1) is 21.3. The van der Waals surface area contributed by atoms with E-state index in [4.69, 9.17) is 15.0 Å². The Morgan fingerprint density at radius 2 is 1.92 bits per heavy atom. The molecule has 0 fully saturated rings. The van der Waals surface area contributed by atoms with Gasteiger partial charge >= 0.3 is 0 Å². The van der Waals surface area contributed by atoms with Crippen LogP contribution in [0, 0.1) is 11.5 Å². The van der Waals surface area contributed by atoms with Gasteiger partial charge in [-0.15, -0.1) is 5.54 Å². The van der Waals surface area contributed by atoms with Crippen LogP contribution in [0.3, 0.4) is 0 Å². The lowest BCUT2D eigenvalue weighted by molar-refractivity contribution is -0.0122. The molecule has 1 aromatic rings. The highest BCUT2D eigenvalue weighted by molar-refractivity contribution is 6.87. The molecule has 1 atom stereocenters. The first-order valence-corrected chi connectivity index (χ1v) is 11.5. The zero-order valence-electron chi connectivity index (χ0n) is 16.0. The summed E-state index contributed by atoms with van der Waals surface area (Å²) >= 11 is 0. The van der Waals surface area contributed by atoms with Gasteiger partial charge in [-0.1, -0.05) is 75.2 Å². The first-order chi connectivity index (χ1) is 11.8. The van der Waals surface area contributed by atoms with Crippen LogP contribution in [0.4, 0.5) is 0 Å². The standard InChI is InChI=1S/C19H29N3O2Si/c1-19(2,3)25(4,5)13-9-12-23-16-18(14-21-22-20)24-15-17-10-7-6-8-11-17/h6-8,10-11,18H,12,14-16H2,1-5H3/t18-/m1/s1. The number of nitrogens with zero attached hydrogens (tertiary/aromatic N) is 3. The van der Waals surface area contributed by atoms with Gasteiger partial charge in [0, 0.05) is 4.91 Å². The quantitative estimate of drug-likeness (QED) is 0.165. The van der Waals surface area contributed by atoms with E-state index in [-0.39, 0.29) is 17.7 Å². The molecule has 0 radical (unpaired) electrons. The third kappa shape index (κ3) is 8.24. The number of ether oxygens (including phenoxy) is 2. The molecule has 1 rings (SSSR count). The van der Waals surface area contributed by atoms with Gasteiger partial charge in [0.05, 0.1) is 25.9 Å². The van der Waals surface area contributed by atoms with E-state index in [1.807, 2.05) is 30.3 Å². The second-order valence-corrected chi connectivity index (χ2v) is 12.5.